The Kier molecular flexibility index (Phi) is 5.22. The molecule has 3 aromatic heterocycles. The Morgan fingerprint density at radius 1 is 1.14 bits per heavy atom. The molecule has 0 atom stereocenters. The zero-order valence-electron chi connectivity index (χ0n) is 15.5. The van der Waals surface area contributed by atoms with Crippen molar-refractivity contribution in [2.75, 3.05) is 12.4 Å². The van der Waals surface area contributed by atoms with E-state index in [1.54, 1.807) is 12.1 Å². The van der Waals surface area contributed by atoms with Gasteiger partial charge < -0.3 is 23.6 Å². The van der Waals surface area contributed by atoms with Crippen LogP contribution in [-0.2, 0) is 28.9 Å². The van der Waals surface area contributed by atoms with Gasteiger partial charge in [0, 0.05) is 4.88 Å². The molecule has 1 N–H and O–H groups in total. The van der Waals surface area contributed by atoms with E-state index in [2.05, 4.69) is 10.1 Å². The number of aryl methyl sites for hydroxylation is 1. The molecule has 150 valence electrons. The van der Waals surface area contributed by atoms with Crippen molar-refractivity contribution in [3.8, 4) is 0 Å². The van der Waals surface area contributed by atoms with E-state index in [0.717, 1.165) is 29.7 Å². The van der Waals surface area contributed by atoms with Gasteiger partial charge in [-0.2, -0.15) is 0 Å². The molecule has 4 rings (SSSR count). The van der Waals surface area contributed by atoms with E-state index in [1.807, 2.05) is 0 Å². The quantitative estimate of drug-likeness (QED) is 0.610. The topological polar surface area (TPSA) is 108 Å². The van der Waals surface area contributed by atoms with E-state index >= 15 is 0 Å². The van der Waals surface area contributed by atoms with Crippen LogP contribution in [0.1, 0.15) is 54.1 Å². The summed E-state index contributed by atoms with van der Waals surface area (Å²) in [5.74, 6) is -1.11. The Morgan fingerprint density at radius 2 is 2.00 bits per heavy atom. The summed E-state index contributed by atoms with van der Waals surface area (Å²) in [5.41, 5.74) is 1.27. The lowest BCUT2D eigenvalue weighted by atomic mass is 10.1. The first-order valence-electron chi connectivity index (χ1n) is 8.90. The van der Waals surface area contributed by atoms with Crippen molar-refractivity contribution >= 4 is 34.2 Å². The predicted molar refractivity (Wildman–Crippen MR) is 102 cm³/mol. The Morgan fingerprint density at radius 3 is 2.76 bits per heavy atom. The fraction of sp³-hybridized carbons (Fsp3) is 0.250. The number of carbonyl (C=O) groups is 3. The van der Waals surface area contributed by atoms with Crippen LogP contribution in [-0.4, -0.2) is 25.0 Å². The van der Waals surface area contributed by atoms with Gasteiger partial charge in [0.25, 0.3) is 5.91 Å². The number of esters is 2. The number of hydrogen-bond donors (Lipinski definition) is 1. The zero-order chi connectivity index (χ0) is 20.4. The Bertz CT molecular complexity index is 1060. The van der Waals surface area contributed by atoms with E-state index in [9.17, 15) is 14.4 Å². The van der Waals surface area contributed by atoms with Crippen LogP contribution in [0.3, 0.4) is 0 Å². The molecular formula is C20H17NO7S. The number of methoxy groups -OCH3 is 1. The highest BCUT2D eigenvalue weighted by molar-refractivity contribution is 7.17. The van der Waals surface area contributed by atoms with E-state index in [1.165, 1.54) is 36.8 Å². The molecule has 0 bridgehead atoms. The highest BCUT2D eigenvalue weighted by Crippen LogP contribution is 2.39. The molecular weight excluding hydrogens is 398 g/mol. The first-order valence-corrected chi connectivity index (χ1v) is 9.72. The van der Waals surface area contributed by atoms with Gasteiger partial charge in [-0.1, -0.05) is 0 Å². The maximum atomic E-state index is 12.8. The summed E-state index contributed by atoms with van der Waals surface area (Å²) in [6, 6.07) is 6.15. The minimum absolute atomic E-state index is 0.0291. The Balaban J connectivity index is 1.51. The molecule has 0 saturated heterocycles. The van der Waals surface area contributed by atoms with Crippen LogP contribution in [0.15, 0.2) is 39.4 Å². The van der Waals surface area contributed by atoms with Crippen LogP contribution in [0.4, 0.5) is 5.00 Å². The smallest absolute Gasteiger partial charge is 0.373 e. The van der Waals surface area contributed by atoms with Crippen molar-refractivity contribution in [1.82, 2.24) is 0 Å². The van der Waals surface area contributed by atoms with Crippen LogP contribution in [0.5, 0.6) is 0 Å². The summed E-state index contributed by atoms with van der Waals surface area (Å²) in [5, 5.41) is 3.19. The number of hydrogen-bond acceptors (Lipinski definition) is 8. The van der Waals surface area contributed by atoms with Crippen molar-refractivity contribution < 1.29 is 32.7 Å². The molecule has 3 aromatic rings. The maximum Gasteiger partial charge on any atom is 0.373 e. The lowest BCUT2D eigenvalue weighted by molar-refractivity contribution is 0.0439. The number of nitrogens with one attached hydrogen (secondary N) is 1. The zero-order valence-corrected chi connectivity index (χ0v) is 16.3. The molecule has 0 spiro atoms. The van der Waals surface area contributed by atoms with Crippen LogP contribution in [0, 0.1) is 0 Å². The third kappa shape index (κ3) is 3.81. The van der Waals surface area contributed by atoms with E-state index < -0.39 is 17.8 Å². The lowest BCUT2D eigenvalue weighted by Crippen LogP contribution is -2.14. The van der Waals surface area contributed by atoms with E-state index in [-0.39, 0.29) is 18.1 Å². The number of furan rings is 2. The second-order valence-electron chi connectivity index (χ2n) is 6.33. The molecule has 0 aromatic carbocycles. The summed E-state index contributed by atoms with van der Waals surface area (Å²) < 4.78 is 20.4. The number of thiophene rings is 1. The third-order valence-electron chi connectivity index (χ3n) is 4.49. The molecule has 0 aliphatic heterocycles. The van der Waals surface area contributed by atoms with Gasteiger partial charge in [0.1, 0.15) is 17.4 Å². The molecule has 0 saturated carbocycles. The molecule has 9 heteroatoms. The van der Waals surface area contributed by atoms with Crippen LogP contribution < -0.4 is 5.32 Å². The second-order valence-corrected chi connectivity index (χ2v) is 7.43. The van der Waals surface area contributed by atoms with Crippen molar-refractivity contribution in [3.05, 3.63) is 63.8 Å². The SMILES string of the molecule is COC(=O)c1ccc(COC(=O)c2c(NC(=O)c3ccco3)sc3c2CCC3)o1. The van der Waals surface area contributed by atoms with Crippen LogP contribution in [0.2, 0.25) is 0 Å². The molecule has 29 heavy (non-hydrogen) atoms. The van der Waals surface area contributed by atoms with Crippen molar-refractivity contribution in [2.45, 2.75) is 25.9 Å². The van der Waals surface area contributed by atoms with Gasteiger partial charge >= 0.3 is 11.9 Å². The van der Waals surface area contributed by atoms with Crippen LogP contribution in [0.25, 0.3) is 0 Å². The fourth-order valence-electron chi connectivity index (χ4n) is 3.16. The van der Waals surface area contributed by atoms with Crippen molar-refractivity contribution in [3.63, 3.8) is 0 Å². The summed E-state index contributed by atoms with van der Waals surface area (Å²) in [4.78, 5) is 37.7. The highest BCUT2D eigenvalue weighted by atomic mass is 32.1. The van der Waals surface area contributed by atoms with E-state index in [0.29, 0.717) is 16.3 Å². The van der Waals surface area contributed by atoms with Gasteiger partial charge in [-0.3, -0.25) is 4.79 Å². The molecule has 8 nitrogen and oxygen atoms in total. The molecule has 1 aliphatic rings. The number of amides is 1. The average molecular weight is 415 g/mol. The predicted octanol–water partition coefficient (Wildman–Crippen LogP) is 3.82. The standard InChI is InChI=1S/C20H17NO7S/c1-25-19(23)14-8-7-11(28-14)10-27-20(24)16-12-4-2-6-15(12)29-18(16)21-17(22)13-5-3-9-26-13/h3,5,7-9H,2,4,6,10H2,1H3,(H,21,22). The first kappa shape index (κ1) is 19.0. The van der Waals surface area contributed by atoms with Crippen molar-refractivity contribution in [2.24, 2.45) is 0 Å². The molecule has 3 heterocycles. The molecule has 0 unspecified atom stereocenters. The minimum atomic E-state index is -0.610. The van der Waals surface area contributed by atoms with Gasteiger partial charge in [0.2, 0.25) is 5.76 Å². The Labute approximate surface area is 169 Å². The summed E-state index contributed by atoms with van der Waals surface area (Å²) in [6.45, 7) is -0.147. The number of anilines is 1. The Hall–Kier alpha value is -3.33. The van der Waals surface area contributed by atoms with Gasteiger partial charge in [0.15, 0.2) is 5.76 Å². The summed E-state index contributed by atoms with van der Waals surface area (Å²) in [6.07, 6.45) is 3.97. The van der Waals surface area contributed by atoms with Gasteiger partial charge in [-0.15, -0.1) is 11.3 Å². The first-order chi connectivity index (χ1) is 14.1. The van der Waals surface area contributed by atoms with E-state index in [4.69, 9.17) is 13.6 Å². The molecule has 1 aliphatic carbocycles. The minimum Gasteiger partial charge on any atom is -0.463 e. The number of carbonyl (C=O) groups excluding carboxylic acids is 3. The fourth-order valence-corrected chi connectivity index (χ4v) is 4.43. The summed E-state index contributed by atoms with van der Waals surface area (Å²) in [7, 11) is 1.25. The van der Waals surface area contributed by atoms with Gasteiger partial charge in [-0.25, -0.2) is 9.59 Å². The monoisotopic (exact) mass is 415 g/mol. The number of fused-ring (bicyclic) bond motifs is 1. The number of rotatable bonds is 6. The van der Waals surface area contributed by atoms with Crippen LogP contribution >= 0.6 is 11.3 Å². The lowest BCUT2D eigenvalue weighted by Gasteiger charge is -2.07. The van der Waals surface area contributed by atoms with Gasteiger partial charge in [0.05, 0.1) is 18.9 Å². The highest BCUT2D eigenvalue weighted by Gasteiger charge is 2.29. The van der Waals surface area contributed by atoms with Crippen molar-refractivity contribution in [1.29, 1.82) is 0 Å². The van der Waals surface area contributed by atoms with Gasteiger partial charge in [-0.05, 0) is 49.1 Å². The average Bonchev–Trinajstić information content (AvgIpc) is 3.49. The maximum absolute atomic E-state index is 12.8. The third-order valence-corrected chi connectivity index (χ3v) is 5.70. The molecule has 0 radical (unpaired) electrons. The molecule has 1 amide bonds. The molecule has 0 fully saturated rings. The summed E-state index contributed by atoms with van der Waals surface area (Å²) >= 11 is 1.38. The largest absolute Gasteiger partial charge is 0.463 e. The number of ether oxygens (including phenoxy) is 2. The second kappa shape index (κ2) is 7.96. The normalized spacial score (nSPS) is 12.4.